The van der Waals surface area contributed by atoms with Crippen LogP contribution in [0, 0.1) is 5.92 Å². The maximum Gasteiger partial charge on any atom is 0.437 e. The second-order valence-corrected chi connectivity index (χ2v) is 7.44. The SMILES string of the molecule is O=C(c1cccs1)[C@@H]1[C@@H](c2ccccc2Cl)NC(=S)N[C@@]1(O)C(F)(F)F. The van der Waals surface area contributed by atoms with Crippen molar-refractivity contribution >= 4 is 46.1 Å². The van der Waals surface area contributed by atoms with Crippen LogP contribution in [-0.2, 0) is 0 Å². The summed E-state index contributed by atoms with van der Waals surface area (Å²) in [6.45, 7) is 0. The second-order valence-electron chi connectivity index (χ2n) is 5.68. The lowest BCUT2D eigenvalue weighted by atomic mass is 9.78. The lowest BCUT2D eigenvalue weighted by molar-refractivity contribution is -0.285. The smallest absolute Gasteiger partial charge is 0.363 e. The van der Waals surface area contributed by atoms with Crippen LogP contribution in [0.15, 0.2) is 41.8 Å². The molecule has 26 heavy (non-hydrogen) atoms. The molecular formula is C16H12ClF3N2O2S2. The number of thiocarbonyl (C=S) groups is 1. The molecule has 3 N–H and O–H groups in total. The molecule has 3 rings (SSSR count). The fraction of sp³-hybridized carbons (Fsp3) is 0.250. The number of nitrogens with one attached hydrogen (secondary N) is 2. The van der Waals surface area contributed by atoms with Gasteiger partial charge in [-0.2, -0.15) is 13.2 Å². The number of benzene rings is 1. The van der Waals surface area contributed by atoms with E-state index in [9.17, 15) is 23.1 Å². The highest BCUT2D eigenvalue weighted by molar-refractivity contribution is 7.80. The first-order valence-electron chi connectivity index (χ1n) is 7.35. The van der Waals surface area contributed by atoms with Crippen molar-refractivity contribution < 1.29 is 23.1 Å². The van der Waals surface area contributed by atoms with Crippen molar-refractivity contribution in [3.63, 3.8) is 0 Å². The Balaban J connectivity index is 2.18. The van der Waals surface area contributed by atoms with Gasteiger partial charge in [-0.1, -0.05) is 35.9 Å². The van der Waals surface area contributed by atoms with Gasteiger partial charge >= 0.3 is 6.18 Å². The van der Waals surface area contributed by atoms with Crippen LogP contribution in [0.4, 0.5) is 13.2 Å². The third-order valence-corrected chi connectivity index (χ3v) is 5.54. The van der Waals surface area contributed by atoms with Gasteiger partial charge in [-0.05, 0) is 35.3 Å². The van der Waals surface area contributed by atoms with Crippen LogP contribution in [-0.4, -0.2) is 27.9 Å². The molecule has 3 atom stereocenters. The average Bonchev–Trinajstić information content (AvgIpc) is 3.07. The number of ketones is 1. The Morgan fingerprint density at radius 2 is 1.96 bits per heavy atom. The molecule has 1 saturated heterocycles. The van der Waals surface area contributed by atoms with Gasteiger partial charge in [0.2, 0.25) is 5.72 Å². The lowest BCUT2D eigenvalue weighted by Gasteiger charge is -2.46. The highest BCUT2D eigenvalue weighted by atomic mass is 35.5. The van der Waals surface area contributed by atoms with Crippen LogP contribution in [0.1, 0.15) is 21.3 Å². The van der Waals surface area contributed by atoms with E-state index >= 15 is 0 Å². The molecule has 0 amide bonds. The quantitative estimate of drug-likeness (QED) is 0.522. The molecule has 0 saturated carbocycles. The number of Topliss-reactive ketones (excluding diaryl/α,β-unsaturated/α-hetero) is 1. The van der Waals surface area contributed by atoms with E-state index in [0.717, 1.165) is 11.3 Å². The summed E-state index contributed by atoms with van der Waals surface area (Å²) in [7, 11) is 0. The van der Waals surface area contributed by atoms with Gasteiger partial charge in [0.25, 0.3) is 0 Å². The number of carbonyl (C=O) groups excluding carboxylic acids is 1. The van der Waals surface area contributed by atoms with Crippen LogP contribution in [0.5, 0.6) is 0 Å². The summed E-state index contributed by atoms with van der Waals surface area (Å²) >= 11 is 12.0. The van der Waals surface area contributed by atoms with Crippen LogP contribution in [0.2, 0.25) is 5.02 Å². The Morgan fingerprint density at radius 1 is 1.27 bits per heavy atom. The average molecular weight is 421 g/mol. The first-order valence-corrected chi connectivity index (χ1v) is 9.01. The van der Waals surface area contributed by atoms with Crippen LogP contribution >= 0.6 is 35.2 Å². The number of hydrogen-bond acceptors (Lipinski definition) is 4. The van der Waals surface area contributed by atoms with Crippen molar-refractivity contribution in [1.29, 1.82) is 0 Å². The van der Waals surface area contributed by atoms with Crippen molar-refractivity contribution in [3.8, 4) is 0 Å². The Kier molecular flexibility index (Phi) is 5.00. The Hall–Kier alpha value is -1.68. The molecule has 1 aromatic carbocycles. The number of carbonyl (C=O) groups is 1. The molecule has 1 aromatic heterocycles. The largest absolute Gasteiger partial charge is 0.437 e. The van der Waals surface area contributed by atoms with Gasteiger partial charge < -0.3 is 15.7 Å². The fourth-order valence-electron chi connectivity index (χ4n) is 2.90. The number of alkyl halides is 3. The number of hydrogen-bond donors (Lipinski definition) is 3. The van der Waals surface area contributed by atoms with Crippen LogP contribution in [0.25, 0.3) is 0 Å². The van der Waals surface area contributed by atoms with E-state index in [1.165, 1.54) is 18.2 Å². The molecule has 1 aliphatic rings. The summed E-state index contributed by atoms with van der Waals surface area (Å²) < 4.78 is 41.3. The van der Waals surface area contributed by atoms with Gasteiger partial charge in [-0.15, -0.1) is 11.3 Å². The molecule has 138 valence electrons. The second kappa shape index (κ2) is 6.80. The number of rotatable bonds is 3. The predicted octanol–water partition coefficient (Wildman–Crippen LogP) is 3.67. The molecule has 1 fully saturated rings. The normalized spacial score (nSPS) is 26.1. The molecule has 0 unspecified atom stereocenters. The maximum absolute atomic E-state index is 13.8. The van der Waals surface area contributed by atoms with Gasteiger partial charge in [-0.25, -0.2) is 0 Å². The van der Waals surface area contributed by atoms with Crippen molar-refractivity contribution in [2.24, 2.45) is 5.92 Å². The topological polar surface area (TPSA) is 61.4 Å². The van der Waals surface area contributed by atoms with Crippen molar-refractivity contribution in [2.75, 3.05) is 0 Å². The third kappa shape index (κ3) is 3.20. The summed E-state index contributed by atoms with van der Waals surface area (Å²) in [5.74, 6) is -2.81. The van der Waals surface area contributed by atoms with Crippen molar-refractivity contribution in [2.45, 2.75) is 17.9 Å². The zero-order chi connectivity index (χ0) is 19.1. The van der Waals surface area contributed by atoms with E-state index in [0.29, 0.717) is 0 Å². The molecule has 10 heteroatoms. The highest BCUT2D eigenvalue weighted by Gasteiger charge is 2.66. The Labute approximate surface area is 161 Å². The first-order chi connectivity index (χ1) is 12.1. The standard InChI is InChI=1S/C16H12ClF3N2O2S2/c17-9-5-2-1-4-8(9)12-11(13(23)10-6-3-7-26-10)15(24,16(18,19)20)22-14(25)21-12/h1-7,11-12,24H,(H2,21,22,25)/t11-,12+,15-/m0/s1. The van der Waals surface area contributed by atoms with E-state index in [-0.39, 0.29) is 15.5 Å². The molecule has 0 radical (unpaired) electrons. The highest BCUT2D eigenvalue weighted by Crippen LogP contribution is 2.45. The summed E-state index contributed by atoms with van der Waals surface area (Å²) in [5.41, 5.74) is -3.31. The minimum atomic E-state index is -5.16. The number of aliphatic hydroxyl groups is 1. The molecule has 2 heterocycles. The van der Waals surface area contributed by atoms with E-state index in [1.807, 2.05) is 5.32 Å². The number of thiophene rings is 1. The summed E-state index contributed by atoms with van der Waals surface area (Å²) in [6.07, 6.45) is -5.16. The van der Waals surface area contributed by atoms with Gasteiger partial charge in [0, 0.05) is 5.02 Å². The monoisotopic (exact) mass is 420 g/mol. The Bertz CT molecular complexity index is 844. The number of halogens is 4. The fourth-order valence-corrected chi connectivity index (χ4v) is 4.14. The summed E-state index contributed by atoms with van der Waals surface area (Å²) in [6, 6.07) is 7.84. The summed E-state index contributed by atoms with van der Waals surface area (Å²) in [5, 5.41) is 16.3. The molecule has 2 aromatic rings. The van der Waals surface area contributed by atoms with E-state index in [2.05, 4.69) is 5.32 Å². The maximum atomic E-state index is 13.8. The van der Waals surface area contributed by atoms with Gasteiger partial charge in [0.1, 0.15) is 5.92 Å². The van der Waals surface area contributed by atoms with Crippen LogP contribution < -0.4 is 10.6 Å². The lowest BCUT2D eigenvalue weighted by Crippen LogP contribution is -2.72. The molecule has 4 nitrogen and oxygen atoms in total. The zero-order valence-electron chi connectivity index (χ0n) is 12.9. The van der Waals surface area contributed by atoms with Crippen LogP contribution in [0.3, 0.4) is 0 Å². The molecule has 0 spiro atoms. The third-order valence-electron chi connectivity index (χ3n) is 4.09. The van der Waals surface area contributed by atoms with Gasteiger partial charge in [0.15, 0.2) is 10.9 Å². The van der Waals surface area contributed by atoms with E-state index in [4.69, 9.17) is 23.8 Å². The molecule has 0 bridgehead atoms. The minimum absolute atomic E-state index is 0.0890. The molecular weight excluding hydrogens is 409 g/mol. The van der Waals surface area contributed by atoms with Gasteiger partial charge in [0.05, 0.1) is 10.9 Å². The Morgan fingerprint density at radius 3 is 2.54 bits per heavy atom. The zero-order valence-corrected chi connectivity index (χ0v) is 15.3. The molecule has 1 aliphatic heterocycles. The van der Waals surface area contributed by atoms with E-state index in [1.54, 1.807) is 23.6 Å². The minimum Gasteiger partial charge on any atom is -0.363 e. The van der Waals surface area contributed by atoms with Gasteiger partial charge in [-0.3, -0.25) is 4.79 Å². The molecule has 0 aliphatic carbocycles. The van der Waals surface area contributed by atoms with E-state index < -0.39 is 34.8 Å². The van der Waals surface area contributed by atoms with Crippen molar-refractivity contribution in [3.05, 3.63) is 57.2 Å². The predicted molar refractivity (Wildman–Crippen MR) is 96.2 cm³/mol. The summed E-state index contributed by atoms with van der Waals surface area (Å²) in [4.78, 5) is 13.0. The first kappa shape index (κ1) is 19.1. The van der Waals surface area contributed by atoms with Crippen molar-refractivity contribution in [1.82, 2.24) is 10.6 Å².